The minimum atomic E-state index is -5.15. The Hall–Kier alpha value is -2.02. The van der Waals surface area contributed by atoms with Crippen molar-refractivity contribution >= 4 is 16.1 Å². The van der Waals surface area contributed by atoms with Gasteiger partial charge in [0.2, 0.25) is 10.0 Å². The molecule has 1 N–H and O–H groups in total. The monoisotopic (exact) mass is 433 g/mol. The number of urea groups is 1. The van der Waals surface area contributed by atoms with Crippen molar-refractivity contribution in [3.63, 3.8) is 0 Å². The summed E-state index contributed by atoms with van der Waals surface area (Å²) >= 11 is 0. The first-order valence-corrected chi connectivity index (χ1v) is 9.53. The third-order valence-corrected chi connectivity index (χ3v) is 5.93. The van der Waals surface area contributed by atoms with Gasteiger partial charge in [0.15, 0.2) is 0 Å². The topological polar surface area (TPSA) is 69.7 Å². The second-order valence-electron chi connectivity index (χ2n) is 5.97. The van der Waals surface area contributed by atoms with E-state index in [2.05, 4.69) is 5.32 Å². The Labute approximate surface area is 157 Å². The van der Waals surface area contributed by atoms with Crippen molar-refractivity contribution in [2.75, 3.05) is 32.7 Å². The fourth-order valence-corrected chi connectivity index (χ4v) is 4.11. The highest BCUT2D eigenvalue weighted by Crippen LogP contribution is 2.37. The molecule has 1 aliphatic heterocycles. The van der Waals surface area contributed by atoms with Crippen LogP contribution in [-0.4, -0.2) is 56.4 Å². The summed E-state index contributed by atoms with van der Waals surface area (Å²) in [4.78, 5) is 11.9. The summed E-state index contributed by atoms with van der Waals surface area (Å²) in [5.74, 6) is 0. The number of carbonyl (C=O) groups is 1. The van der Waals surface area contributed by atoms with Crippen LogP contribution in [0.2, 0.25) is 0 Å². The van der Waals surface area contributed by atoms with Crippen LogP contribution >= 0.6 is 0 Å². The van der Waals surface area contributed by atoms with Crippen LogP contribution in [-0.2, 0) is 22.4 Å². The molecule has 2 rings (SSSR count). The molecule has 0 bridgehead atoms. The van der Waals surface area contributed by atoms with Crippen molar-refractivity contribution in [2.24, 2.45) is 0 Å². The lowest BCUT2D eigenvalue weighted by Gasteiger charge is -2.34. The lowest BCUT2D eigenvalue weighted by atomic mass is 10.1. The number of benzene rings is 1. The van der Waals surface area contributed by atoms with Gasteiger partial charge in [0.1, 0.15) is 0 Å². The van der Waals surface area contributed by atoms with E-state index in [9.17, 15) is 39.6 Å². The summed E-state index contributed by atoms with van der Waals surface area (Å²) in [7, 11) is -4.61. The first kappa shape index (κ1) is 22.3. The Morgan fingerprint density at radius 2 is 1.43 bits per heavy atom. The number of rotatable bonds is 3. The molecule has 1 aromatic carbocycles. The summed E-state index contributed by atoms with van der Waals surface area (Å²) in [6.07, 6.45) is -10.3. The smallest absolute Gasteiger partial charge is 0.338 e. The predicted octanol–water partition coefficient (Wildman–Crippen LogP) is 2.76. The van der Waals surface area contributed by atoms with Crippen molar-refractivity contribution in [2.45, 2.75) is 24.2 Å². The van der Waals surface area contributed by atoms with E-state index in [1.807, 2.05) is 0 Å². The molecule has 1 fully saturated rings. The summed E-state index contributed by atoms with van der Waals surface area (Å²) in [6, 6.07) is -0.203. The van der Waals surface area contributed by atoms with Gasteiger partial charge in [0, 0.05) is 32.7 Å². The van der Waals surface area contributed by atoms with Gasteiger partial charge >= 0.3 is 18.4 Å². The van der Waals surface area contributed by atoms with E-state index in [1.54, 1.807) is 6.92 Å². The van der Waals surface area contributed by atoms with Crippen LogP contribution < -0.4 is 5.32 Å². The molecule has 0 atom stereocenters. The number of amides is 2. The molecule has 1 saturated heterocycles. The molecule has 28 heavy (non-hydrogen) atoms. The summed E-state index contributed by atoms with van der Waals surface area (Å²) in [6.45, 7) is 1.44. The fourth-order valence-electron chi connectivity index (χ4n) is 2.62. The molecule has 0 radical (unpaired) electrons. The van der Waals surface area contributed by atoms with Gasteiger partial charge in [-0.05, 0) is 25.1 Å². The summed E-state index contributed by atoms with van der Waals surface area (Å²) < 4.78 is 104. The van der Waals surface area contributed by atoms with Gasteiger partial charge in [-0.1, -0.05) is 0 Å². The lowest BCUT2D eigenvalue weighted by molar-refractivity contribution is -0.143. The molecule has 1 aliphatic rings. The number of nitrogens with zero attached hydrogens (tertiary/aromatic N) is 2. The maximum atomic E-state index is 13.0. The van der Waals surface area contributed by atoms with Crippen molar-refractivity contribution in [1.29, 1.82) is 0 Å². The fraction of sp³-hybridized carbons (Fsp3) is 0.533. The van der Waals surface area contributed by atoms with E-state index in [-0.39, 0.29) is 44.4 Å². The van der Waals surface area contributed by atoms with Gasteiger partial charge in [-0.3, -0.25) is 0 Å². The molecule has 1 aromatic rings. The molecule has 2 amide bonds. The van der Waals surface area contributed by atoms with Gasteiger partial charge in [-0.25, -0.2) is 13.2 Å². The van der Waals surface area contributed by atoms with E-state index < -0.39 is 44.4 Å². The maximum absolute atomic E-state index is 13.0. The second kappa shape index (κ2) is 7.78. The van der Waals surface area contributed by atoms with Crippen LogP contribution in [0.25, 0.3) is 0 Å². The first-order chi connectivity index (χ1) is 12.8. The molecule has 158 valence electrons. The van der Waals surface area contributed by atoms with E-state index in [4.69, 9.17) is 0 Å². The van der Waals surface area contributed by atoms with Crippen molar-refractivity contribution < 1.29 is 39.6 Å². The van der Waals surface area contributed by atoms with Crippen LogP contribution in [0.15, 0.2) is 23.1 Å². The standard InChI is InChI=1S/C15H17F6N3O3S/c1-2-22-13(25)23-3-5-24(6-4-23)28(26,27)12-8-10(14(16,17)18)7-11(9-12)15(19,20)21/h7-9H,2-6H2,1H3,(H,22,25). The van der Waals surface area contributed by atoms with Crippen LogP contribution in [0.5, 0.6) is 0 Å². The van der Waals surface area contributed by atoms with Crippen molar-refractivity contribution in [3.05, 3.63) is 29.3 Å². The van der Waals surface area contributed by atoms with Crippen molar-refractivity contribution in [1.82, 2.24) is 14.5 Å². The molecule has 0 aliphatic carbocycles. The molecule has 13 heteroatoms. The predicted molar refractivity (Wildman–Crippen MR) is 85.9 cm³/mol. The van der Waals surface area contributed by atoms with Crippen LogP contribution in [0, 0.1) is 0 Å². The van der Waals surface area contributed by atoms with Gasteiger partial charge in [0.05, 0.1) is 16.0 Å². The van der Waals surface area contributed by atoms with Crippen LogP contribution in [0.3, 0.4) is 0 Å². The minimum absolute atomic E-state index is 0.0455. The van der Waals surface area contributed by atoms with E-state index in [0.717, 1.165) is 4.31 Å². The summed E-state index contributed by atoms with van der Waals surface area (Å²) in [5, 5.41) is 2.52. The maximum Gasteiger partial charge on any atom is 0.416 e. The SMILES string of the molecule is CCNC(=O)N1CCN(S(=O)(=O)c2cc(C(F)(F)F)cc(C(F)(F)F)c2)CC1. The summed E-state index contributed by atoms with van der Waals surface area (Å²) in [5.41, 5.74) is -3.41. The molecular formula is C15H17F6N3O3S. The van der Waals surface area contributed by atoms with Gasteiger partial charge < -0.3 is 10.2 Å². The zero-order valence-electron chi connectivity index (χ0n) is 14.6. The molecule has 0 aromatic heterocycles. The Bertz CT molecular complexity index is 798. The second-order valence-corrected chi connectivity index (χ2v) is 7.91. The number of piperazine rings is 1. The highest BCUT2D eigenvalue weighted by atomic mass is 32.2. The van der Waals surface area contributed by atoms with E-state index in [0.29, 0.717) is 6.54 Å². The Morgan fingerprint density at radius 1 is 0.964 bits per heavy atom. The van der Waals surface area contributed by atoms with Crippen molar-refractivity contribution in [3.8, 4) is 0 Å². The van der Waals surface area contributed by atoms with Crippen LogP contribution in [0.1, 0.15) is 18.1 Å². The zero-order chi connectivity index (χ0) is 21.3. The highest BCUT2D eigenvalue weighted by molar-refractivity contribution is 7.89. The molecule has 0 saturated carbocycles. The Balaban J connectivity index is 2.34. The normalized spacial score (nSPS) is 16.9. The van der Waals surface area contributed by atoms with E-state index >= 15 is 0 Å². The average molecular weight is 433 g/mol. The lowest BCUT2D eigenvalue weighted by Crippen LogP contribution is -2.53. The van der Waals surface area contributed by atoms with Gasteiger partial charge in [-0.2, -0.15) is 30.6 Å². The number of nitrogens with one attached hydrogen (secondary N) is 1. The number of alkyl halides is 6. The first-order valence-electron chi connectivity index (χ1n) is 8.09. The third-order valence-electron chi connectivity index (χ3n) is 4.05. The molecule has 0 unspecified atom stereocenters. The molecule has 0 spiro atoms. The Morgan fingerprint density at radius 3 is 1.82 bits per heavy atom. The Kier molecular flexibility index (Phi) is 6.19. The van der Waals surface area contributed by atoms with Gasteiger partial charge in [-0.15, -0.1) is 0 Å². The molecule has 6 nitrogen and oxygen atoms in total. The molecule has 1 heterocycles. The number of halogens is 6. The zero-order valence-corrected chi connectivity index (χ0v) is 15.4. The van der Waals surface area contributed by atoms with Crippen LogP contribution in [0.4, 0.5) is 31.1 Å². The van der Waals surface area contributed by atoms with E-state index in [1.165, 1.54) is 4.90 Å². The largest absolute Gasteiger partial charge is 0.416 e. The number of hydrogen-bond donors (Lipinski definition) is 1. The number of sulfonamides is 1. The quantitative estimate of drug-likeness (QED) is 0.746. The average Bonchev–Trinajstić information content (AvgIpc) is 2.60. The molecular weight excluding hydrogens is 416 g/mol. The minimum Gasteiger partial charge on any atom is -0.338 e. The number of hydrogen-bond acceptors (Lipinski definition) is 3. The number of carbonyl (C=O) groups excluding carboxylic acids is 1. The van der Waals surface area contributed by atoms with Gasteiger partial charge in [0.25, 0.3) is 0 Å². The third kappa shape index (κ3) is 4.87. The highest BCUT2D eigenvalue weighted by Gasteiger charge is 2.39.